The second-order valence-electron chi connectivity index (χ2n) is 7.06. The Morgan fingerprint density at radius 2 is 1.66 bits per heavy atom. The lowest BCUT2D eigenvalue weighted by Crippen LogP contribution is -2.04. The summed E-state index contributed by atoms with van der Waals surface area (Å²) in [4.78, 5) is 11.3. The quantitative estimate of drug-likeness (QED) is 0.477. The van der Waals surface area contributed by atoms with Crippen molar-refractivity contribution in [2.45, 2.75) is 20.0 Å². The van der Waals surface area contributed by atoms with Gasteiger partial charge < -0.3 is 14.6 Å². The Bertz CT molecular complexity index is 1190. The van der Waals surface area contributed by atoms with Gasteiger partial charge in [0.15, 0.2) is 11.5 Å². The van der Waals surface area contributed by atoms with E-state index in [0.29, 0.717) is 22.8 Å². The van der Waals surface area contributed by atoms with Crippen molar-refractivity contribution in [3.05, 3.63) is 88.5 Å². The number of aromatic carboxylic acids is 1. The molecular weight excluding hydrogens is 421 g/mol. The van der Waals surface area contributed by atoms with Crippen LogP contribution in [0.4, 0.5) is 13.2 Å². The molecule has 0 aliphatic rings. The maximum atomic E-state index is 12.6. The topological polar surface area (TPSA) is 55.8 Å². The molecule has 3 rings (SSSR count). The highest BCUT2D eigenvalue weighted by Crippen LogP contribution is 2.33. The molecule has 4 nitrogen and oxygen atoms in total. The fraction of sp³-hybridized carbons (Fsp3) is 0.160. The van der Waals surface area contributed by atoms with Crippen LogP contribution in [0.5, 0.6) is 17.2 Å². The number of aryl methyl sites for hydroxylation is 2. The third kappa shape index (κ3) is 6.05. The summed E-state index contributed by atoms with van der Waals surface area (Å²) in [7, 11) is 0. The van der Waals surface area contributed by atoms with Crippen LogP contribution in [0, 0.1) is 25.7 Å². The van der Waals surface area contributed by atoms with Crippen LogP contribution < -0.4 is 9.47 Å². The average Bonchev–Trinajstić information content (AvgIpc) is 2.72. The highest BCUT2D eigenvalue weighted by Gasteiger charge is 2.29. The zero-order valence-electron chi connectivity index (χ0n) is 17.3. The van der Waals surface area contributed by atoms with Gasteiger partial charge in [0.1, 0.15) is 12.4 Å². The summed E-state index contributed by atoms with van der Waals surface area (Å²) in [6.07, 6.45) is -4.39. The molecule has 0 spiro atoms. The summed E-state index contributed by atoms with van der Waals surface area (Å²) in [5.74, 6) is 5.61. The minimum atomic E-state index is -4.39. The van der Waals surface area contributed by atoms with E-state index in [1.807, 2.05) is 13.0 Å². The van der Waals surface area contributed by atoms with E-state index in [1.165, 1.54) is 18.2 Å². The summed E-state index contributed by atoms with van der Waals surface area (Å²) >= 11 is 0. The maximum Gasteiger partial charge on any atom is 0.416 e. The second-order valence-corrected chi connectivity index (χ2v) is 7.06. The van der Waals surface area contributed by atoms with E-state index in [4.69, 9.17) is 9.47 Å². The molecule has 164 valence electrons. The van der Waals surface area contributed by atoms with Crippen LogP contribution in [0.15, 0.2) is 60.7 Å². The van der Waals surface area contributed by atoms with E-state index in [9.17, 15) is 23.1 Å². The molecule has 0 atom stereocenters. The third-order valence-electron chi connectivity index (χ3n) is 4.37. The molecule has 0 saturated heterocycles. The molecule has 0 unspecified atom stereocenters. The van der Waals surface area contributed by atoms with Crippen molar-refractivity contribution in [3.8, 4) is 29.1 Å². The number of rotatable bonds is 5. The first-order valence-corrected chi connectivity index (χ1v) is 9.54. The molecule has 3 aromatic carbocycles. The molecule has 0 bridgehead atoms. The lowest BCUT2D eigenvalue weighted by atomic mass is 10.1. The predicted molar refractivity (Wildman–Crippen MR) is 113 cm³/mol. The van der Waals surface area contributed by atoms with E-state index in [0.717, 1.165) is 23.3 Å². The van der Waals surface area contributed by atoms with E-state index < -0.39 is 17.7 Å². The molecule has 0 aromatic heterocycles. The van der Waals surface area contributed by atoms with Crippen molar-refractivity contribution in [2.75, 3.05) is 6.61 Å². The zero-order chi connectivity index (χ0) is 23.3. The van der Waals surface area contributed by atoms with Crippen molar-refractivity contribution in [3.63, 3.8) is 0 Å². The lowest BCUT2D eigenvalue weighted by molar-refractivity contribution is -0.137. The summed E-state index contributed by atoms with van der Waals surface area (Å²) in [6, 6.07) is 14.5. The number of carbonyl (C=O) groups is 1. The number of carboxylic acid groups (broad SMARTS) is 1. The molecule has 0 aliphatic carbocycles. The second kappa shape index (κ2) is 9.48. The first kappa shape index (κ1) is 22.8. The Morgan fingerprint density at radius 1 is 0.938 bits per heavy atom. The summed E-state index contributed by atoms with van der Waals surface area (Å²) in [6.45, 7) is 3.62. The molecule has 0 aliphatic heterocycles. The third-order valence-corrected chi connectivity index (χ3v) is 4.37. The van der Waals surface area contributed by atoms with Crippen molar-refractivity contribution in [2.24, 2.45) is 0 Å². The van der Waals surface area contributed by atoms with Crippen LogP contribution in [0.25, 0.3) is 0 Å². The highest BCUT2D eigenvalue weighted by molar-refractivity contribution is 5.88. The molecule has 0 amide bonds. The Morgan fingerprint density at radius 3 is 2.31 bits per heavy atom. The number of halogens is 3. The van der Waals surface area contributed by atoms with Gasteiger partial charge in [-0.15, -0.1) is 0 Å². The van der Waals surface area contributed by atoms with Crippen LogP contribution in [0.3, 0.4) is 0 Å². The molecule has 0 saturated carbocycles. The van der Waals surface area contributed by atoms with E-state index in [2.05, 4.69) is 11.8 Å². The smallest absolute Gasteiger partial charge is 0.416 e. The molecule has 0 heterocycles. The van der Waals surface area contributed by atoms with Gasteiger partial charge in [0, 0.05) is 5.56 Å². The fourth-order valence-electron chi connectivity index (χ4n) is 2.86. The molecule has 0 radical (unpaired) electrons. The minimum Gasteiger partial charge on any atom is -0.478 e. The summed E-state index contributed by atoms with van der Waals surface area (Å²) in [5, 5.41) is 9.23. The Hall–Kier alpha value is -3.92. The van der Waals surface area contributed by atoms with Crippen LogP contribution in [-0.2, 0) is 6.18 Å². The maximum absolute atomic E-state index is 12.6. The van der Waals surface area contributed by atoms with E-state index in [-0.39, 0.29) is 12.2 Å². The van der Waals surface area contributed by atoms with Gasteiger partial charge in [0.2, 0.25) is 0 Å². The van der Waals surface area contributed by atoms with Crippen LogP contribution in [-0.4, -0.2) is 17.7 Å². The van der Waals surface area contributed by atoms with Gasteiger partial charge in [-0.2, -0.15) is 13.2 Å². The van der Waals surface area contributed by atoms with Crippen LogP contribution in [0.2, 0.25) is 0 Å². The van der Waals surface area contributed by atoms with Gasteiger partial charge in [-0.05, 0) is 79.6 Å². The number of ether oxygens (including phenoxy) is 2. The fourth-order valence-corrected chi connectivity index (χ4v) is 2.86. The average molecular weight is 440 g/mol. The van der Waals surface area contributed by atoms with E-state index >= 15 is 0 Å². The van der Waals surface area contributed by atoms with Gasteiger partial charge in [0.05, 0.1) is 11.1 Å². The molecule has 1 N–H and O–H groups in total. The zero-order valence-corrected chi connectivity index (χ0v) is 17.3. The lowest BCUT2D eigenvalue weighted by Gasteiger charge is -2.13. The van der Waals surface area contributed by atoms with Crippen molar-refractivity contribution in [1.29, 1.82) is 0 Å². The van der Waals surface area contributed by atoms with Gasteiger partial charge >= 0.3 is 12.1 Å². The van der Waals surface area contributed by atoms with Crippen molar-refractivity contribution in [1.82, 2.24) is 0 Å². The van der Waals surface area contributed by atoms with Crippen LogP contribution in [0.1, 0.15) is 32.6 Å². The van der Waals surface area contributed by atoms with Gasteiger partial charge in [0.25, 0.3) is 0 Å². The molecule has 7 heteroatoms. The number of hydrogen-bond donors (Lipinski definition) is 1. The predicted octanol–water partition coefficient (Wildman–Crippen LogP) is 6.24. The Kier molecular flexibility index (Phi) is 6.74. The monoisotopic (exact) mass is 440 g/mol. The summed E-state index contributed by atoms with van der Waals surface area (Å²) < 4.78 is 49.4. The van der Waals surface area contributed by atoms with Gasteiger partial charge in [-0.1, -0.05) is 17.9 Å². The molecule has 3 aromatic rings. The normalized spacial score (nSPS) is 10.8. The minimum absolute atomic E-state index is 0.0188. The number of alkyl halides is 3. The summed E-state index contributed by atoms with van der Waals surface area (Å²) in [5.41, 5.74) is 1.46. The van der Waals surface area contributed by atoms with Crippen molar-refractivity contribution >= 4 is 5.97 Å². The Balaban J connectivity index is 1.73. The SMILES string of the molecule is Cc1cc(Oc2ccc(C)cc2OCC#Cc2ccc(C(F)(F)F)cc2)cc(C(=O)O)c1. The van der Waals surface area contributed by atoms with Crippen LogP contribution >= 0.6 is 0 Å². The van der Waals surface area contributed by atoms with Crippen molar-refractivity contribution < 1.29 is 32.5 Å². The Labute approximate surface area is 183 Å². The molecule has 0 fully saturated rings. The standard InChI is InChI=1S/C25H19F3O4/c1-16-5-10-22(32-21-13-17(2)12-19(15-21)24(29)30)23(14-16)31-11-3-4-18-6-8-20(9-7-18)25(26,27)28/h5-10,12-15H,11H2,1-2H3,(H,29,30). The van der Waals surface area contributed by atoms with E-state index in [1.54, 1.807) is 31.2 Å². The molecular formula is C25H19F3O4. The largest absolute Gasteiger partial charge is 0.478 e. The first-order valence-electron chi connectivity index (χ1n) is 9.54. The number of carboxylic acids is 1. The molecule has 32 heavy (non-hydrogen) atoms. The van der Waals surface area contributed by atoms with Gasteiger partial charge in [-0.25, -0.2) is 4.79 Å². The first-order chi connectivity index (χ1) is 15.1. The number of benzene rings is 3. The number of hydrogen-bond acceptors (Lipinski definition) is 3. The highest BCUT2D eigenvalue weighted by atomic mass is 19.4. The van der Waals surface area contributed by atoms with Gasteiger partial charge in [-0.3, -0.25) is 0 Å².